The summed E-state index contributed by atoms with van der Waals surface area (Å²) in [6.07, 6.45) is 3.08. The highest BCUT2D eigenvalue weighted by molar-refractivity contribution is 5.16. The molecule has 1 aromatic rings. The van der Waals surface area contributed by atoms with Crippen LogP contribution in [0, 0.1) is 5.21 Å². The second-order valence-corrected chi connectivity index (χ2v) is 3.70. The minimum atomic E-state index is -0.114. The molecule has 0 amide bonds. The van der Waals surface area contributed by atoms with Gasteiger partial charge in [0, 0.05) is 25.1 Å². The molecule has 1 aromatic heterocycles. The molecule has 0 aliphatic carbocycles. The SMILES string of the molecule is [O-][NH+](CCCC1OCCO1)c1ccccn1. The lowest BCUT2D eigenvalue weighted by Crippen LogP contribution is -3.02. The van der Waals surface area contributed by atoms with E-state index in [1.165, 1.54) is 0 Å². The van der Waals surface area contributed by atoms with Gasteiger partial charge in [-0.1, -0.05) is 6.07 Å². The van der Waals surface area contributed by atoms with E-state index in [2.05, 4.69) is 4.98 Å². The molecular weight excluding hydrogens is 208 g/mol. The van der Waals surface area contributed by atoms with Crippen LogP contribution in [0.3, 0.4) is 0 Å². The van der Waals surface area contributed by atoms with Crippen LogP contribution in [0.5, 0.6) is 0 Å². The molecule has 1 saturated heterocycles. The van der Waals surface area contributed by atoms with E-state index in [0.717, 1.165) is 12.8 Å². The van der Waals surface area contributed by atoms with Gasteiger partial charge in [-0.05, 0) is 6.07 Å². The molecule has 1 fully saturated rings. The number of ether oxygens (including phenoxy) is 2. The van der Waals surface area contributed by atoms with Gasteiger partial charge in [-0.2, -0.15) is 0 Å². The van der Waals surface area contributed by atoms with Crippen LogP contribution < -0.4 is 5.06 Å². The van der Waals surface area contributed by atoms with Crippen LogP contribution in [-0.4, -0.2) is 31.0 Å². The van der Waals surface area contributed by atoms with Crippen molar-refractivity contribution in [2.75, 3.05) is 19.8 Å². The normalized spacial score (nSPS) is 18.8. The maximum absolute atomic E-state index is 11.7. The van der Waals surface area contributed by atoms with E-state index in [1.54, 1.807) is 18.3 Å². The fourth-order valence-corrected chi connectivity index (χ4v) is 1.66. The van der Waals surface area contributed by atoms with Crippen LogP contribution in [0.1, 0.15) is 12.8 Å². The van der Waals surface area contributed by atoms with E-state index in [9.17, 15) is 5.21 Å². The average molecular weight is 224 g/mol. The van der Waals surface area contributed by atoms with Gasteiger partial charge in [0.05, 0.1) is 19.8 Å². The number of hydroxylamine groups is 1. The lowest BCUT2D eigenvalue weighted by molar-refractivity contribution is -0.779. The van der Waals surface area contributed by atoms with Crippen molar-refractivity contribution in [2.24, 2.45) is 0 Å². The van der Waals surface area contributed by atoms with Crippen molar-refractivity contribution in [3.05, 3.63) is 29.6 Å². The van der Waals surface area contributed by atoms with Crippen molar-refractivity contribution < 1.29 is 14.5 Å². The van der Waals surface area contributed by atoms with Crippen LogP contribution in [0.25, 0.3) is 0 Å². The summed E-state index contributed by atoms with van der Waals surface area (Å²) in [4.78, 5) is 4.02. The number of hydrogen-bond acceptors (Lipinski definition) is 4. The number of nitrogens with one attached hydrogen (secondary N) is 1. The molecule has 0 bridgehead atoms. The number of quaternary nitrogens is 1. The summed E-state index contributed by atoms with van der Waals surface area (Å²) in [5, 5.41) is 11.8. The summed E-state index contributed by atoms with van der Waals surface area (Å²) in [6, 6.07) is 5.37. The highest BCUT2D eigenvalue weighted by atomic mass is 16.7. The third-order valence-corrected chi connectivity index (χ3v) is 2.49. The second-order valence-electron chi connectivity index (χ2n) is 3.70. The molecule has 0 saturated carbocycles. The van der Waals surface area contributed by atoms with Crippen LogP contribution in [-0.2, 0) is 9.47 Å². The van der Waals surface area contributed by atoms with Crippen molar-refractivity contribution in [1.29, 1.82) is 0 Å². The Kier molecular flexibility index (Phi) is 4.24. The van der Waals surface area contributed by atoms with E-state index >= 15 is 0 Å². The van der Waals surface area contributed by atoms with E-state index in [4.69, 9.17) is 9.47 Å². The summed E-state index contributed by atoms with van der Waals surface area (Å²) in [7, 11) is 0. The minimum Gasteiger partial charge on any atom is -0.628 e. The Balaban J connectivity index is 1.69. The van der Waals surface area contributed by atoms with E-state index in [1.807, 2.05) is 6.07 Å². The fourth-order valence-electron chi connectivity index (χ4n) is 1.66. The zero-order valence-electron chi connectivity index (χ0n) is 9.09. The van der Waals surface area contributed by atoms with Crippen LogP contribution >= 0.6 is 0 Å². The Morgan fingerprint density at radius 2 is 2.19 bits per heavy atom. The van der Waals surface area contributed by atoms with Gasteiger partial charge >= 0.3 is 0 Å². The lowest BCUT2D eigenvalue weighted by Gasteiger charge is -2.20. The Labute approximate surface area is 94.6 Å². The molecule has 16 heavy (non-hydrogen) atoms. The maximum atomic E-state index is 11.7. The summed E-state index contributed by atoms with van der Waals surface area (Å²) < 4.78 is 10.6. The lowest BCUT2D eigenvalue weighted by atomic mass is 10.3. The van der Waals surface area contributed by atoms with E-state index in [0.29, 0.717) is 25.6 Å². The highest BCUT2D eigenvalue weighted by Crippen LogP contribution is 2.09. The Bertz CT molecular complexity index is 301. The number of aromatic nitrogens is 1. The van der Waals surface area contributed by atoms with Gasteiger partial charge in [0.15, 0.2) is 6.29 Å². The first-order chi connectivity index (χ1) is 7.86. The summed E-state index contributed by atoms with van der Waals surface area (Å²) in [5.74, 6) is 0.538. The molecule has 0 radical (unpaired) electrons. The molecule has 2 rings (SSSR count). The molecule has 88 valence electrons. The standard InChI is InChI=1S/C11H16N2O3/c14-13(10-4-1-2-6-12-10)7-3-5-11-15-8-9-16-11/h1-2,4,6,11,13H,3,5,7-9H2. The Morgan fingerprint density at radius 3 is 2.88 bits per heavy atom. The van der Waals surface area contributed by atoms with Crippen molar-refractivity contribution in [2.45, 2.75) is 19.1 Å². The Hall–Kier alpha value is -1.01. The summed E-state index contributed by atoms with van der Waals surface area (Å²) in [6.45, 7) is 1.83. The first-order valence-corrected chi connectivity index (χ1v) is 5.54. The van der Waals surface area contributed by atoms with E-state index < -0.39 is 0 Å². The van der Waals surface area contributed by atoms with Crippen LogP contribution in [0.15, 0.2) is 24.4 Å². The van der Waals surface area contributed by atoms with Gasteiger partial charge < -0.3 is 19.7 Å². The Morgan fingerprint density at radius 1 is 1.38 bits per heavy atom. The summed E-state index contributed by atoms with van der Waals surface area (Å²) >= 11 is 0. The molecule has 1 unspecified atom stereocenters. The van der Waals surface area contributed by atoms with Gasteiger partial charge in [0.1, 0.15) is 0 Å². The second kappa shape index (κ2) is 5.91. The molecule has 5 heteroatoms. The van der Waals surface area contributed by atoms with Gasteiger partial charge in [0.2, 0.25) is 5.82 Å². The zero-order chi connectivity index (χ0) is 11.2. The zero-order valence-corrected chi connectivity index (χ0v) is 9.09. The molecule has 2 heterocycles. The monoisotopic (exact) mass is 224 g/mol. The van der Waals surface area contributed by atoms with Crippen molar-refractivity contribution >= 4 is 5.82 Å². The van der Waals surface area contributed by atoms with Crippen molar-refractivity contribution in [3.8, 4) is 0 Å². The third-order valence-electron chi connectivity index (χ3n) is 2.49. The summed E-state index contributed by atoms with van der Waals surface area (Å²) in [5.41, 5.74) is 0. The number of rotatable bonds is 5. The first kappa shape index (κ1) is 11.5. The van der Waals surface area contributed by atoms with Crippen molar-refractivity contribution in [3.63, 3.8) is 0 Å². The molecule has 1 aliphatic heterocycles. The first-order valence-electron chi connectivity index (χ1n) is 5.54. The maximum Gasteiger partial charge on any atom is 0.225 e. The van der Waals surface area contributed by atoms with E-state index in [-0.39, 0.29) is 11.4 Å². The van der Waals surface area contributed by atoms with Crippen LogP contribution in [0.2, 0.25) is 0 Å². The average Bonchev–Trinajstić information content (AvgIpc) is 2.83. The predicted octanol–water partition coefficient (Wildman–Crippen LogP) is 0.249. The van der Waals surface area contributed by atoms with Crippen LogP contribution in [0.4, 0.5) is 5.82 Å². The minimum absolute atomic E-state index is 0.0820. The van der Waals surface area contributed by atoms with Gasteiger partial charge in [-0.15, -0.1) is 0 Å². The van der Waals surface area contributed by atoms with Gasteiger partial charge in [-0.3, -0.25) is 0 Å². The van der Waals surface area contributed by atoms with Crippen molar-refractivity contribution in [1.82, 2.24) is 4.98 Å². The number of pyridine rings is 1. The predicted molar refractivity (Wildman–Crippen MR) is 58.0 cm³/mol. The van der Waals surface area contributed by atoms with Gasteiger partial charge in [0.25, 0.3) is 0 Å². The smallest absolute Gasteiger partial charge is 0.225 e. The fraction of sp³-hybridized carbons (Fsp3) is 0.545. The quantitative estimate of drug-likeness (QED) is 0.728. The molecule has 0 aromatic carbocycles. The number of nitrogens with zero attached hydrogens (tertiary/aromatic N) is 1. The molecule has 1 aliphatic rings. The molecule has 1 N–H and O–H groups in total. The largest absolute Gasteiger partial charge is 0.628 e. The molecule has 5 nitrogen and oxygen atoms in total. The van der Waals surface area contributed by atoms with Gasteiger partial charge in [-0.25, -0.2) is 4.98 Å². The number of hydrogen-bond donors (Lipinski definition) is 1. The third kappa shape index (κ3) is 3.24. The molecule has 0 spiro atoms. The molecular formula is C11H16N2O3. The molecule has 1 atom stereocenters. The highest BCUT2D eigenvalue weighted by Gasteiger charge is 2.15. The topological polar surface area (TPSA) is 58.9 Å².